The average Bonchev–Trinajstić information content (AvgIpc) is 2.40. The van der Waals surface area contributed by atoms with Crippen LogP contribution in [0, 0.1) is 20.8 Å². The first-order chi connectivity index (χ1) is 9.79. The third-order valence-electron chi connectivity index (χ3n) is 3.56. The van der Waals surface area contributed by atoms with Crippen molar-refractivity contribution in [3.63, 3.8) is 0 Å². The van der Waals surface area contributed by atoms with E-state index in [1.54, 1.807) is 13.0 Å². The molecule has 0 saturated heterocycles. The largest absolute Gasteiger partial charge is 0.381 e. The van der Waals surface area contributed by atoms with Crippen LogP contribution in [0.25, 0.3) is 0 Å². The van der Waals surface area contributed by atoms with Crippen LogP contribution in [-0.4, -0.2) is 8.42 Å². The summed E-state index contributed by atoms with van der Waals surface area (Å²) in [7, 11) is -3.69. The number of rotatable bonds is 4. The predicted octanol–water partition coefficient (Wildman–Crippen LogP) is 2.87. The molecular weight excluding hydrogens is 284 g/mol. The first-order valence-corrected chi connectivity index (χ1v) is 8.26. The van der Waals surface area contributed by atoms with Crippen LogP contribution in [0.1, 0.15) is 22.3 Å². The van der Waals surface area contributed by atoms with Crippen molar-refractivity contribution < 1.29 is 8.42 Å². The molecule has 0 spiro atoms. The zero-order valence-electron chi connectivity index (χ0n) is 12.5. The molecule has 0 saturated carbocycles. The first kappa shape index (κ1) is 15.5. The monoisotopic (exact) mass is 304 g/mol. The van der Waals surface area contributed by atoms with Gasteiger partial charge in [0.15, 0.2) is 0 Å². The second-order valence-electron chi connectivity index (χ2n) is 5.26. The topological polar surface area (TPSA) is 72.2 Å². The first-order valence-electron chi connectivity index (χ1n) is 6.71. The molecule has 0 aliphatic rings. The average molecular weight is 304 g/mol. The van der Waals surface area contributed by atoms with Crippen molar-refractivity contribution in [1.82, 2.24) is 0 Å². The van der Waals surface area contributed by atoms with E-state index in [9.17, 15) is 8.42 Å². The fourth-order valence-electron chi connectivity index (χ4n) is 2.30. The lowest BCUT2D eigenvalue weighted by Gasteiger charge is -2.14. The molecule has 3 N–H and O–H groups in total. The number of nitrogens with two attached hydrogens (primary N) is 1. The van der Waals surface area contributed by atoms with Crippen molar-refractivity contribution in [2.75, 3.05) is 5.32 Å². The maximum absolute atomic E-state index is 11.5. The molecule has 0 amide bonds. The number of anilines is 1. The van der Waals surface area contributed by atoms with Crippen molar-refractivity contribution in [3.05, 3.63) is 58.7 Å². The van der Waals surface area contributed by atoms with Crippen LogP contribution in [0.3, 0.4) is 0 Å². The van der Waals surface area contributed by atoms with Crippen molar-refractivity contribution >= 4 is 15.7 Å². The number of hydrogen-bond donors (Lipinski definition) is 2. The van der Waals surface area contributed by atoms with Crippen molar-refractivity contribution in [1.29, 1.82) is 0 Å². The van der Waals surface area contributed by atoms with Crippen molar-refractivity contribution in [2.24, 2.45) is 5.14 Å². The summed E-state index contributed by atoms with van der Waals surface area (Å²) in [4.78, 5) is 0.161. The van der Waals surface area contributed by atoms with Crippen molar-refractivity contribution in [2.45, 2.75) is 32.2 Å². The second-order valence-corrected chi connectivity index (χ2v) is 6.79. The van der Waals surface area contributed by atoms with Crippen LogP contribution < -0.4 is 10.5 Å². The third-order valence-corrected chi connectivity index (χ3v) is 4.62. The second kappa shape index (κ2) is 5.87. The Kier molecular flexibility index (Phi) is 4.34. The van der Waals surface area contributed by atoms with Gasteiger partial charge < -0.3 is 5.32 Å². The fraction of sp³-hybridized carbons (Fsp3) is 0.250. The Morgan fingerprint density at radius 2 is 1.81 bits per heavy atom. The smallest absolute Gasteiger partial charge is 0.238 e. The number of hydrogen-bond acceptors (Lipinski definition) is 3. The Hall–Kier alpha value is -1.85. The lowest BCUT2D eigenvalue weighted by molar-refractivity contribution is 0.597. The summed E-state index contributed by atoms with van der Waals surface area (Å²) < 4.78 is 23.1. The van der Waals surface area contributed by atoms with E-state index in [0.29, 0.717) is 12.1 Å². The molecule has 0 bridgehead atoms. The Balaban J connectivity index is 2.27. The minimum absolute atomic E-state index is 0.161. The Labute approximate surface area is 126 Å². The number of primary sulfonamides is 1. The fourth-order valence-corrected chi connectivity index (χ4v) is 3.10. The summed E-state index contributed by atoms with van der Waals surface area (Å²) in [5.41, 5.74) is 5.02. The van der Waals surface area contributed by atoms with Gasteiger partial charge in [0.1, 0.15) is 0 Å². The van der Waals surface area contributed by atoms with Crippen LogP contribution in [0.2, 0.25) is 0 Å². The number of aryl methyl sites for hydroxylation is 2. The van der Waals surface area contributed by atoms with Gasteiger partial charge in [-0.1, -0.05) is 29.8 Å². The summed E-state index contributed by atoms with van der Waals surface area (Å²) >= 11 is 0. The highest BCUT2D eigenvalue weighted by Gasteiger charge is 2.13. The van der Waals surface area contributed by atoms with E-state index in [4.69, 9.17) is 5.14 Å². The normalized spacial score (nSPS) is 11.4. The summed E-state index contributed by atoms with van der Waals surface area (Å²) in [6, 6.07) is 11.4. The molecule has 2 aromatic rings. The lowest BCUT2D eigenvalue weighted by atomic mass is 10.1. The SMILES string of the molecule is Cc1ccc(C)c(CNc2cccc(S(N)(=O)=O)c2C)c1. The van der Waals surface area contributed by atoms with Gasteiger partial charge in [-0.2, -0.15) is 0 Å². The zero-order valence-corrected chi connectivity index (χ0v) is 13.3. The van der Waals surface area contributed by atoms with E-state index in [-0.39, 0.29) is 4.90 Å². The predicted molar refractivity (Wildman–Crippen MR) is 85.8 cm³/mol. The van der Waals surface area contributed by atoms with Crippen LogP contribution >= 0.6 is 0 Å². The highest BCUT2D eigenvalue weighted by molar-refractivity contribution is 7.89. The Bertz CT molecular complexity index is 768. The number of nitrogens with one attached hydrogen (secondary N) is 1. The summed E-state index contributed by atoms with van der Waals surface area (Å²) in [5, 5.41) is 8.51. The standard InChI is InChI=1S/C16H20N2O2S/c1-11-7-8-12(2)14(9-11)10-18-15-5-4-6-16(13(15)3)21(17,19)20/h4-9,18H,10H2,1-3H3,(H2,17,19,20). The van der Waals surface area contributed by atoms with Crippen LogP contribution in [0.5, 0.6) is 0 Å². The summed E-state index contributed by atoms with van der Waals surface area (Å²) in [5.74, 6) is 0. The maximum Gasteiger partial charge on any atom is 0.238 e. The van der Waals surface area contributed by atoms with E-state index in [2.05, 4.69) is 37.4 Å². The molecule has 21 heavy (non-hydrogen) atoms. The molecular formula is C16H20N2O2S. The lowest BCUT2D eigenvalue weighted by Crippen LogP contribution is -2.14. The highest BCUT2D eigenvalue weighted by Crippen LogP contribution is 2.23. The molecule has 4 nitrogen and oxygen atoms in total. The number of sulfonamides is 1. The van der Waals surface area contributed by atoms with Gasteiger partial charge in [-0.25, -0.2) is 13.6 Å². The molecule has 0 atom stereocenters. The van der Waals surface area contributed by atoms with Crippen LogP contribution in [-0.2, 0) is 16.6 Å². The molecule has 112 valence electrons. The zero-order chi connectivity index (χ0) is 15.6. The van der Waals surface area contributed by atoms with E-state index in [0.717, 1.165) is 5.69 Å². The maximum atomic E-state index is 11.5. The van der Waals surface area contributed by atoms with Gasteiger partial charge in [0.2, 0.25) is 10.0 Å². The number of benzene rings is 2. The van der Waals surface area contributed by atoms with E-state index >= 15 is 0 Å². The minimum atomic E-state index is -3.69. The van der Waals surface area contributed by atoms with Gasteiger partial charge in [0, 0.05) is 12.2 Å². The van der Waals surface area contributed by atoms with Crippen LogP contribution in [0.4, 0.5) is 5.69 Å². The highest BCUT2D eigenvalue weighted by atomic mass is 32.2. The van der Waals surface area contributed by atoms with Gasteiger partial charge >= 0.3 is 0 Å². The van der Waals surface area contributed by atoms with Gasteiger partial charge in [-0.3, -0.25) is 0 Å². The molecule has 0 fully saturated rings. The molecule has 0 aromatic heterocycles. The quantitative estimate of drug-likeness (QED) is 0.912. The molecule has 5 heteroatoms. The molecule has 2 rings (SSSR count). The van der Waals surface area contributed by atoms with Gasteiger partial charge in [-0.15, -0.1) is 0 Å². The summed E-state index contributed by atoms with van der Waals surface area (Å²) in [6.07, 6.45) is 0. The molecule has 0 aliphatic heterocycles. The molecule has 2 aromatic carbocycles. The van der Waals surface area contributed by atoms with Crippen LogP contribution in [0.15, 0.2) is 41.3 Å². The van der Waals surface area contributed by atoms with Gasteiger partial charge in [0.05, 0.1) is 4.90 Å². The molecule has 0 radical (unpaired) electrons. The van der Waals surface area contributed by atoms with E-state index < -0.39 is 10.0 Å². The van der Waals surface area contributed by atoms with Gasteiger partial charge in [-0.05, 0) is 49.6 Å². The minimum Gasteiger partial charge on any atom is -0.381 e. The van der Waals surface area contributed by atoms with Crippen molar-refractivity contribution in [3.8, 4) is 0 Å². The molecule has 0 aliphatic carbocycles. The van der Waals surface area contributed by atoms with E-state index in [1.165, 1.54) is 22.8 Å². The Morgan fingerprint density at radius 3 is 2.48 bits per heavy atom. The van der Waals surface area contributed by atoms with Gasteiger partial charge in [0.25, 0.3) is 0 Å². The molecule has 0 unspecified atom stereocenters. The Morgan fingerprint density at radius 1 is 1.10 bits per heavy atom. The third kappa shape index (κ3) is 3.62. The van der Waals surface area contributed by atoms with E-state index in [1.807, 2.05) is 6.07 Å². The molecule has 0 heterocycles. The summed E-state index contributed by atoms with van der Waals surface area (Å²) in [6.45, 7) is 6.51.